The van der Waals surface area contributed by atoms with Gasteiger partial charge in [0.05, 0.1) is 13.2 Å². The van der Waals surface area contributed by atoms with E-state index in [1.807, 2.05) is 0 Å². The van der Waals surface area contributed by atoms with Gasteiger partial charge in [0.25, 0.3) is 0 Å². The molecule has 0 saturated carbocycles. The van der Waals surface area contributed by atoms with Gasteiger partial charge in [0.2, 0.25) is 0 Å². The first-order chi connectivity index (χ1) is 9.45. The van der Waals surface area contributed by atoms with Crippen LogP contribution in [0.1, 0.15) is 23.7 Å². The maximum absolute atomic E-state index is 11.9. The minimum atomic E-state index is -1.14. The third kappa shape index (κ3) is 4.64. The maximum Gasteiger partial charge on any atom is 0.323 e. The monoisotopic (exact) mass is 281 g/mol. The number of Topliss-reactive ketones (excluding diaryl/α,β-unsaturated/α-hetero) is 1. The number of carbonyl (C=O) groups excluding carboxylic acids is 1. The van der Waals surface area contributed by atoms with Gasteiger partial charge in [-0.1, -0.05) is 0 Å². The number of ether oxygens (including phenoxy) is 1. The number of carboxylic acids is 1. The second kappa shape index (κ2) is 7.62. The molecule has 1 aromatic rings. The van der Waals surface area contributed by atoms with Gasteiger partial charge < -0.3 is 20.3 Å². The number of aliphatic hydroxyl groups is 1. The lowest BCUT2D eigenvalue weighted by atomic mass is 10.1. The molecule has 0 heterocycles. The molecule has 6 nitrogen and oxygen atoms in total. The summed E-state index contributed by atoms with van der Waals surface area (Å²) in [6.45, 7) is 1.57. The van der Waals surface area contributed by atoms with E-state index in [1.54, 1.807) is 31.4 Å². The second-order valence-electron chi connectivity index (χ2n) is 4.41. The van der Waals surface area contributed by atoms with E-state index in [9.17, 15) is 14.7 Å². The van der Waals surface area contributed by atoms with Gasteiger partial charge in [0.15, 0.2) is 5.78 Å². The van der Waals surface area contributed by atoms with E-state index in [0.717, 1.165) is 0 Å². The zero-order valence-corrected chi connectivity index (χ0v) is 11.5. The standard InChI is InChI=1S/C14H19NO5/c1-9(16)13(14(18)19)15-8-7-12(17)10-3-5-11(20-2)6-4-10/h3-6,9,13,15-16H,7-8H2,1-2H3,(H,18,19). The van der Waals surface area contributed by atoms with Crippen LogP contribution in [0, 0.1) is 0 Å². The van der Waals surface area contributed by atoms with Crippen LogP contribution < -0.4 is 10.1 Å². The number of carboxylic acid groups (broad SMARTS) is 1. The lowest BCUT2D eigenvalue weighted by Crippen LogP contribution is -2.45. The van der Waals surface area contributed by atoms with Gasteiger partial charge in [-0.3, -0.25) is 9.59 Å². The first kappa shape index (κ1) is 16.1. The van der Waals surface area contributed by atoms with Gasteiger partial charge in [-0.05, 0) is 31.2 Å². The summed E-state index contributed by atoms with van der Waals surface area (Å²) >= 11 is 0. The van der Waals surface area contributed by atoms with Crippen molar-refractivity contribution in [3.05, 3.63) is 29.8 Å². The molecule has 0 amide bonds. The quantitative estimate of drug-likeness (QED) is 0.607. The fourth-order valence-electron chi connectivity index (χ4n) is 1.73. The minimum Gasteiger partial charge on any atom is -0.497 e. The van der Waals surface area contributed by atoms with Crippen LogP contribution in [0.15, 0.2) is 24.3 Å². The lowest BCUT2D eigenvalue weighted by molar-refractivity contribution is -0.142. The highest BCUT2D eigenvalue weighted by Crippen LogP contribution is 2.12. The fraction of sp³-hybridized carbons (Fsp3) is 0.429. The normalized spacial score (nSPS) is 13.6. The molecule has 0 bridgehead atoms. The highest BCUT2D eigenvalue weighted by Gasteiger charge is 2.22. The zero-order valence-electron chi connectivity index (χ0n) is 11.5. The molecule has 0 radical (unpaired) electrons. The van der Waals surface area contributed by atoms with E-state index >= 15 is 0 Å². The van der Waals surface area contributed by atoms with Gasteiger partial charge >= 0.3 is 5.97 Å². The van der Waals surface area contributed by atoms with Gasteiger partial charge in [0.1, 0.15) is 11.8 Å². The van der Waals surface area contributed by atoms with Crippen molar-refractivity contribution in [2.45, 2.75) is 25.5 Å². The molecule has 0 aliphatic carbocycles. The molecule has 0 spiro atoms. The predicted molar refractivity (Wildman–Crippen MR) is 73.0 cm³/mol. The number of aliphatic carboxylic acids is 1. The molecule has 3 N–H and O–H groups in total. The number of benzene rings is 1. The van der Waals surface area contributed by atoms with Crippen LogP contribution in [0.2, 0.25) is 0 Å². The van der Waals surface area contributed by atoms with Crippen LogP contribution in [0.5, 0.6) is 5.75 Å². The third-order valence-electron chi connectivity index (χ3n) is 2.88. The van der Waals surface area contributed by atoms with Gasteiger partial charge in [-0.2, -0.15) is 0 Å². The Bertz CT molecular complexity index is 455. The molecule has 0 aliphatic heterocycles. The second-order valence-corrected chi connectivity index (χ2v) is 4.41. The molecule has 1 aromatic carbocycles. The van der Waals surface area contributed by atoms with Crippen LogP contribution >= 0.6 is 0 Å². The summed E-state index contributed by atoms with van der Waals surface area (Å²) in [4.78, 5) is 22.7. The molecule has 0 saturated heterocycles. The first-order valence-electron chi connectivity index (χ1n) is 6.27. The predicted octanol–water partition coefficient (Wildman–Crippen LogP) is 0.692. The number of ketones is 1. The molecule has 2 atom stereocenters. The fourth-order valence-corrected chi connectivity index (χ4v) is 1.73. The summed E-state index contributed by atoms with van der Waals surface area (Å²) in [5, 5.41) is 20.8. The van der Waals surface area contributed by atoms with Crippen LogP contribution in [0.3, 0.4) is 0 Å². The van der Waals surface area contributed by atoms with E-state index in [1.165, 1.54) is 6.92 Å². The topological polar surface area (TPSA) is 95.9 Å². The van der Waals surface area contributed by atoms with Crippen molar-refractivity contribution in [1.29, 1.82) is 0 Å². The molecule has 0 fully saturated rings. The number of hydrogen-bond donors (Lipinski definition) is 3. The van der Waals surface area contributed by atoms with Crippen molar-refractivity contribution in [2.24, 2.45) is 0 Å². The first-order valence-corrected chi connectivity index (χ1v) is 6.27. The Morgan fingerprint density at radius 2 is 1.90 bits per heavy atom. The van der Waals surface area contributed by atoms with E-state index in [2.05, 4.69) is 5.32 Å². The van der Waals surface area contributed by atoms with Crippen molar-refractivity contribution >= 4 is 11.8 Å². The van der Waals surface area contributed by atoms with E-state index < -0.39 is 18.1 Å². The maximum atomic E-state index is 11.9. The van der Waals surface area contributed by atoms with Crippen LogP contribution in [-0.4, -0.2) is 47.8 Å². The Hall–Kier alpha value is -1.92. The summed E-state index contributed by atoms with van der Waals surface area (Å²) < 4.78 is 5.00. The van der Waals surface area contributed by atoms with Crippen LogP contribution in [0.4, 0.5) is 0 Å². The average molecular weight is 281 g/mol. The Morgan fingerprint density at radius 3 is 2.35 bits per heavy atom. The highest BCUT2D eigenvalue weighted by molar-refractivity contribution is 5.96. The number of hydrogen-bond acceptors (Lipinski definition) is 5. The molecule has 110 valence electrons. The smallest absolute Gasteiger partial charge is 0.323 e. The van der Waals surface area contributed by atoms with Gasteiger partial charge in [0, 0.05) is 18.5 Å². The molecular weight excluding hydrogens is 262 g/mol. The number of carbonyl (C=O) groups is 2. The number of aliphatic hydroxyl groups excluding tert-OH is 1. The van der Waals surface area contributed by atoms with E-state index in [-0.39, 0.29) is 18.7 Å². The van der Waals surface area contributed by atoms with Crippen molar-refractivity contribution in [3.63, 3.8) is 0 Å². The molecule has 0 aromatic heterocycles. The van der Waals surface area contributed by atoms with Crippen molar-refractivity contribution in [3.8, 4) is 5.75 Å². The van der Waals surface area contributed by atoms with Crippen LogP contribution in [-0.2, 0) is 4.79 Å². The van der Waals surface area contributed by atoms with Crippen molar-refractivity contribution in [1.82, 2.24) is 5.32 Å². The molecule has 2 unspecified atom stereocenters. The number of methoxy groups -OCH3 is 1. The molecule has 1 rings (SSSR count). The number of rotatable bonds is 8. The van der Waals surface area contributed by atoms with Gasteiger partial charge in [-0.15, -0.1) is 0 Å². The minimum absolute atomic E-state index is 0.102. The van der Waals surface area contributed by atoms with Crippen molar-refractivity contribution in [2.75, 3.05) is 13.7 Å². The largest absolute Gasteiger partial charge is 0.497 e. The summed E-state index contributed by atoms with van der Waals surface area (Å²) in [5.74, 6) is -0.577. The average Bonchev–Trinajstić information content (AvgIpc) is 2.42. The Morgan fingerprint density at radius 1 is 1.30 bits per heavy atom. The Balaban J connectivity index is 2.48. The lowest BCUT2D eigenvalue weighted by Gasteiger charge is -2.16. The summed E-state index contributed by atoms with van der Waals surface area (Å²) in [5.41, 5.74) is 0.538. The van der Waals surface area contributed by atoms with Crippen LogP contribution in [0.25, 0.3) is 0 Å². The highest BCUT2D eigenvalue weighted by atomic mass is 16.5. The molecule has 0 aliphatic rings. The molecular formula is C14H19NO5. The molecule has 20 heavy (non-hydrogen) atoms. The Kier molecular flexibility index (Phi) is 6.14. The van der Waals surface area contributed by atoms with Crippen molar-refractivity contribution < 1.29 is 24.5 Å². The molecule has 6 heteroatoms. The SMILES string of the molecule is COc1ccc(C(=O)CCNC(C(=O)O)C(C)O)cc1. The Labute approximate surface area is 117 Å². The van der Waals surface area contributed by atoms with E-state index in [0.29, 0.717) is 11.3 Å². The summed E-state index contributed by atoms with van der Waals surface area (Å²) in [6, 6.07) is 5.63. The zero-order chi connectivity index (χ0) is 15.1. The third-order valence-corrected chi connectivity index (χ3v) is 2.88. The summed E-state index contributed by atoms with van der Waals surface area (Å²) in [7, 11) is 1.54. The summed E-state index contributed by atoms with van der Waals surface area (Å²) in [6.07, 6.45) is -0.869. The van der Waals surface area contributed by atoms with Gasteiger partial charge in [-0.25, -0.2) is 0 Å². The van der Waals surface area contributed by atoms with E-state index in [4.69, 9.17) is 9.84 Å². The number of nitrogens with one attached hydrogen (secondary N) is 1.